The van der Waals surface area contributed by atoms with E-state index in [0.29, 0.717) is 0 Å². The van der Waals surface area contributed by atoms with Crippen molar-refractivity contribution in [1.29, 1.82) is 0 Å². The number of para-hydroxylation sites is 1. The first-order valence-electron chi connectivity index (χ1n) is 6.53. The van der Waals surface area contributed by atoms with Gasteiger partial charge in [-0.1, -0.05) is 55.1 Å². The molecule has 0 aliphatic heterocycles. The summed E-state index contributed by atoms with van der Waals surface area (Å²) in [7, 11) is 0. The summed E-state index contributed by atoms with van der Waals surface area (Å²) in [5.41, 5.74) is 4.94. The Balaban J connectivity index is 2.11. The molecule has 0 fully saturated rings. The van der Waals surface area contributed by atoms with Crippen LogP contribution >= 0.6 is 0 Å². The number of hydrogen-bond donors (Lipinski definition) is 0. The van der Waals surface area contributed by atoms with Crippen LogP contribution in [-0.4, -0.2) is 4.57 Å². The molecule has 0 aliphatic carbocycles. The number of fused-ring (bicyclic) bond motifs is 1. The molecule has 0 spiro atoms. The Morgan fingerprint density at radius 1 is 1.00 bits per heavy atom. The number of allylic oxidation sites excluding steroid dienone is 1. The van der Waals surface area contributed by atoms with Crippen molar-refractivity contribution in [2.24, 2.45) is 0 Å². The first-order chi connectivity index (χ1) is 9.25. The second-order valence-corrected chi connectivity index (χ2v) is 4.95. The Bertz CT molecular complexity index is 720. The van der Waals surface area contributed by atoms with Crippen molar-refractivity contribution in [1.82, 2.24) is 4.57 Å². The van der Waals surface area contributed by atoms with Crippen molar-refractivity contribution in [3.8, 4) is 0 Å². The van der Waals surface area contributed by atoms with Gasteiger partial charge in [0.15, 0.2) is 0 Å². The minimum Gasteiger partial charge on any atom is -0.342 e. The van der Waals surface area contributed by atoms with E-state index in [4.69, 9.17) is 0 Å². The quantitative estimate of drug-likeness (QED) is 0.631. The molecule has 1 aromatic heterocycles. The van der Waals surface area contributed by atoms with Gasteiger partial charge in [-0.3, -0.25) is 0 Å². The molecule has 0 bridgehead atoms. The molecule has 0 amide bonds. The highest BCUT2D eigenvalue weighted by Gasteiger charge is 2.08. The molecule has 0 saturated carbocycles. The first kappa shape index (κ1) is 11.8. The lowest BCUT2D eigenvalue weighted by molar-refractivity contribution is 0.836. The van der Waals surface area contributed by atoms with Crippen LogP contribution in [0.4, 0.5) is 0 Å². The lowest BCUT2D eigenvalue weighted by Crippen LogP contribution is -1.97. The van der Waals surface area contributed by atoms with Gasteiger partial charge >= 0.3 is 0 Å². The Labute approximate surface area is 113 Å². The highest BCUT2D eigenvalue weighted by molar-refractivity contribution is 5.92. The number of nitrogens with zero attached hydrogens (tertiary/aromatic N) is 1. The predicted molar refractivity (Wildman–Crippen MR) is 82.2 cm³/mol. The Morgan fingerprint density at radius 2 is 1.68 bits per heavy atom. The molecule has 0 saturated heterocycles. The van der Waals surface area contributed by atoms with Crippen LogP contribution < -0.4 is 0 Å². The fraction of sp³-hybridized carbons (Fsp3) is 0.111. The summed E-state index contributed by atoms with van der Waals surface area (Å²) in [5, 5.41) is 1.28. The fourth-order valence-electron chi connectivity index (χ4n) is 2.50. The van der Waals surface area contributed by atoms with Gasteiger partial charge in [0.25, 0.3) is 0 Å². The summed E-state index contributed by atoms with van der Waals surface area (Å²) in [4.78, 5) is 0. The standard InChI is InChI=1S/C18H17N/c1-14(2)17-13-19(12-15-8-4-3-5-9-15)18-11-7-6-10-16(17)18/h3-11,13H,1,12H2,2H3. The van der Waals surface area contributed by atoms with E-state index in [1.165, 1.54) is 22.0 Å². The molecule has 2 aromatic carbocycles. The molecule has 1 heteroatoms. The van der Waals surface area contributed by atoms with Crippen LogP contribution in [0.2, 0.25) is 0 Å². The van der Waals surface area contributed by atoms with Gasteiger partial charge in [0.05, 0.1) is 0 Å². The van der Waals surface area contributed by atoms with Gasteiger partial charge in [-0.2, -0.15) is 0 Å². The number of rotatable bonds is 3. The van der Waals surface area contributed by atoms with Crippen molar-refractivity contribution in [2.45, 2.75) is 13.5 Å². The summed E-state index contributed by atoms with van der Waals surface area (Å²) in [5.74, 6) is 0. The summed E-state index contributed by atoms with van der Waals surface area (Å²) >= 11 is 0. The van der Waals surface area contributed by atoms with Crippen LogP contribution in [0.1, 0.15) is 18.1 Å². The van der Waals surface area contributed by atoms with Crippen LogP contribution in [-0.2, 0) is 6.54 Å². The van der Waals surface area contributed by atoms with Crippen molar-refractivity contribution in [2.75, 3.05) is 0 Å². The van der Waals surface area contributed by atoms with Gasteiger partial charge in [-0.25, -0.2) is 0 Å². The van der Waals surface area contributed by atoms with E-state index in [0.717, 1.165) is 12.1 Å². The summed E-state index contributed by atoms with van der Waals surface area (Å²) < 4.78 is 2.30. The van der Waals surface area contributed by atoms with Crippen LogP contribution in [0.3, 0.4) is 0 Å². The molecular formula is C18H17N. The number of hydrogen-bond acceptors (Lipinski definition) is 0. The molecule has 94 valence electrons. The van der Waals surface area contributed by atoms with E-state index in [-0.39, 0.29) is 0 Å². The normalized spacial score (nSPS) is 10.8. The summed E-state index contributed by atoms with van der Waals surface area (Å²) in [6.07, 6.45) is 2.21. The van der Waals surface area contributed by atoms with Crippen molar-refractivity contribution >= 4 is 16.5 Å². The zero-order valence-electron chi connectivity index (χ0n) is 11.1. The van der Waals surface area contributed by atoms with Crippen LogP contribution in [0.5, 0.6) is 0 Å². The molecule has 0 aliphatic rings. The minimum atomic E-state index is 0.897. The second kappa shape index (κ2) is 4.77. The Morgan fingerprint density at radius 3 is 2.42 bits per heavy atom. The molecule has 1 nitrogen and oxygen atoms in total. The molecule has 0 radical (unpaired) electrons. The second-order valence-electron chi connectivity index (χ2n) is 4.95. The minimum absolute atomic E-state index is 0.897. The highest BCUT2D eigenvalue weighted by atomic mass is 15.0. The van der Waals surface area contributed by atoms with E-state index < -0.39 is 0 Å². The molecule has 0 unspecified atom stereocenters. The van der Waals surface area contributed by atoms with E-state index >= 15 is 0 Å². The zero-order valence-corrected chi connectivity index (χ0v) is 11.1. The van der Waals surface area contributed by atoms with Crippen molar-refractivity contribution in [3.05, 3.63) is 78.5 Å². The lowest BCUT2D eigenvalue weighted by Gasteiger charge is -2.05. The van der Waals surface area contributed by atoms with Crippen LogP contribution in [0, 0.1) is 0 Å². The monoisotopic (exact) mass is 247 g/mol. The molecule has 1 heterocycles. The van der Waals surface area contributed by atoms with Crippen molar-refractivity contribution in [3.63, 3.8) is 0 Å². The van der Waals surface area contributed by atoms with Gasteiger partial charge in [0.2, 0.25) is 0 Å². The molecule has 0 atom stereocenters. The maximum Gasteiger partial charge on any atom is 0.0489 e. The molecule has 3 aromatic rings. The summed E-state index contributed by atoms with van der Waals surface area (Å²) in [6.45, 7) is 7.04. The van der Waals surface area contributed by atoms with E-state index in [9.17, 15) is 0 Å². The molecule has 19 heavy (non-hydrogen) atoms. The molecular weight excluding hydrogens is 230 g/mol. The van der Waals surface area contributed by atoms with Gasteiger partial charge in [-0.15, -0.1) is 0 Å². The maximum absolute atomic E-state index is 4.08. The summed E-state index contributed by atoms with van der Waals surface area (Å²) in [6, 6.07) is 19.1. The van der Waals surface area contributed by atoms with Gasteiger partial charge in [0.1, 0.15) is 0 Å². The Kier molecular flexibility index (Phi) is 2.96. The lowest BCUT2D eigenvalue weighted by atomic mass is 10.1. The fourth-order valence-corrected chi connectivity index (χ4v) is 2.50. The average Bonchev–Trinajstić information content (AvgIpc) is 2.79. The zero-order chi connectivity index (χ0) is 13.2. The number of benzene rings is 2. The van der Waals surface area contributed by atoms with Gasteiger partial charge < -0.3 is 4.57 Å². The third-order valence-corrected chi connectivity index (χ3v) is 3.44. The van der Waals surface area contributed by atoms with Crippen LogP contribution in [0.25, 0.3) is 16.5 Å². The average molecular weight is 247 g/mol. The van der Waals surface area contributed by atoms with E-state index in [1.54, 1.807) is 0 Å². The Hall–Kier alpha value is -2.28. The maximum atomic E-state index is 4.08. The van der Waals surface area contributed by atoms with Crippen LogP contribution in [0.15, 0.2) is 67.4 Å². The third-order valence-electron chi connectivity index (χ3n) is 3.44. The van der Waals surface area contributed by atoms with E-state index in [2.05, 4.69) is 78.9 Å². The predicted octanol–water partition coefficient (Wildman–Crippen LogP) is 4.72. The first-order valence-corrected chi connectivity index (χ1v) is 6.53. The topological polar surface area (TPSA) is 4.93 Å². The SMILES string of the molecule is C=C(C)c1cn(Cc2ccccc2)c2ccccc12. The van der Waals surface area contributed by atoms with E-state index in [1.807, 2.05) is 0 Å². The largest absolute Gasteiger partial charge is 0.342 e. The van der Waals surface area contributed by atoms with Gasteiger partial charge in [0, 0.05) is 29.2 Å². The smallest absolute Gasteiger partial charge is 0.0489 e. The molecule has 0 N–H and O–H groups in total. The third kappa shape index (κ3) is 2.19. The van der Waals surface area contributed by atoms with Crippen molar-refractivity contribution < 1.29 is 0 Å². The molecule has 3 rings (SSSR count). The van der Waals surface area contributed by atoms with Gasteiger partial charge in [-0.05, 0) is 24.1 Å². The highest BCUT2D eigenvalue weighted by Crippen LogP contribution is 2.26. The number of aromatic nitrogens is 1.